The lowest BCUT2D eigenvalue weighted by Gasteiger charge is -2.20. The molecular weight excluding hydrogens is 511 g/mol. The summed E-state index contributed by atoms with van der Waals surface area (Å²) in [4.78, 5) is 48.6. The highest BCUT2D eigenvalue weighted by Crippen LogP contribution is 2.36. The number of para-hydroxylation sites is 2. The van der Waals surface area contributed by atoms with Gasteiger partial charge in [-0.3, -0.25) is 9.59 Å². The normalized spacial score (nSPS) is 16.1. The Morgan fingerprint density at radius 2 is 1.88 bits per heavy atom. The molecule has 2 aliphatic heterocycles. The van der Waals surface area contributed by atoms with E-state index in [-0.39, 0.29) is 17.9 Å². The summed E-state index contributed by atoms with van der Waals surface area (Å²) < 4.78 is 20.1. The van der Waals surface area contributed by atoms with Gasteiger partial charge in [0.2, 0.25) is 12.1 Å². The zero-order chi connectivity index (χ0) is 27.8. The summed E-state index contributed by atoms with van der Waals surface area (Å²) >= 11 is 0. The van der Waals surface area contributed by atoms with Crippen LogP contribution in [-0.2, 0) is 20.7 Å². The molecule has 2 amide bonds. The van der Waals surface area contributed by atoms with Gasteiger partial charge in [0, 0.05) is 40.2 Å². The van der Waals surface area contributed by atoms with Crippen molar-refractivity contribution >= 4 is 46.2 Å². The van der Waals surface area contributed by atoms with Gasteiger partial charge in [0.1, 0.15) is 11.5 Å². The van der Waals surface area contributed by atoms with Crippen LogP contribution in [0, 0.1) is 5.82 Å². The lowest BCUT2D eigenvalue weighted by molar-refractivity contribution is -0.125. The Balaban J connectivity index is 1.36. The van der Waals surface area contributed by atoms with Gasteiger partial charge in [0.15, 0.2) is 0 Å². The molecule has 1 unspecified atom stereocenters. The van der Waals surface area contributed by atoms with Crippen LogP contribution in [0.4, 0.5) is 10.1 Å². The molecule has 0 saturated carbocycles. The number of hydrogen-bond donors (Lipinski definition) is 2. The molecule has 0 bridgehead atoms. The first-order chi connectivity index (χ1) is 19.5. The van der Waals surface area contributed by atoms with Crippen LogP contribution in [0.15, 0.2) is 77.8 Å². The van der Waals surface area contributed by atoms with Crippen LogP contribution in [0.5, 0.6) is 0 Å². The topological polar surface area (TPSA) is 104 Å². The van der Waals surface area contributed by atoms with Crippen molar-refractivity contribution in [3.05, 3.63) is 107 Å². The maximum atomic E-state index is 14.9. The first-order valence-corrected chi connectivity index (χ1v) is 13.0. The number of fused-ring (bicyclic) bond motifs is 1. The number of rotatable bonds is 6. The molecule has 0 aliphatic carbocycles. The van der Waals surface area contributed by atoms with Crippen LogP contribution in [0.25, 0.3) is 17.0 Å². The van der Waals surface area contributed by atoms with Crippen molar-refractivity contribution in [3.8, 4) is 0 Å². The maximum Gasteiger partial charge on any atom is 0.355 e. The first kappa shape index (κ1) is 25.2. The molecule has 0 spiro atoms. The molecule has 3 aromatic carbocycles. The Kier molecular flexibility index (Phi) is 6.47. The number of aromatic nitrogens is 1. The van der Waals surface area contributed by atoms with Gasteiger partial charge < -0.3 is 19.9 Å². The minimum Gasteiger partial charge on any atom is -0.461 e. The number of aromatic amines is 1. The summed E-state index contributed by atoms with van der Waals surface area (Å²) in [6.07, 6.45) is 2.12. The number of halogens is 1. The zero-order valence-electron chi connectivity index (χ0n) is 21.6. The van der Waals surface area contributed by atoms with Gasteiger partial charge in [0.05, 0.1) is 18.0 Å². The lowest BCUT2D eigenvalue weighted by atomic mass is 9.98. The van der Waals surface area contributed by atoms with Crippen LogP contribution in [0.2, 0.25) is 0 Å². The molecule has 0 fully saturated rings. The van der Waals surface area contributed by atoms with E-state index in [1.54, 1.807) is 30.0 Å². The number of ether oxygens (including phenoxy) is 1. The number of H-pyrrole nitrogens is 1. The summed E-state index contributed by atoms with van der Waals surface area (Å²) in [6, 6.07) is 19.2. The van der Waals surface area contributed by atoms with Crippen molar-refractivity contribution in [1.29, 1.82) is 0 Å². The van der Waals surface area contributed by atoms with Crippen LogP contribution >= 0.6 is 0 Å². The average molecular weight is 537 g/mol. The molecule has 0 saturated heterocycles. The van der Waals surface area contributed by atoms with Gasteiger partial charge in [0.25, 0.3) is 5.91 Å². The quantitative estimate of drug-likeness (QED) is 0.282. The summed E-state index contributed by atoms with van der Waals surface area (Å²) in [7, 11) is 0. The number of aliphatic imine (C=N–C) groups is 1. The number of nitrogens with one attached hydrogen (secondary N) is 2. The fraction of sp³-hybridized carbons (Fsp3) is 0.161. The van der Waals surface area contributed by atoms with Gasteiger partial charge >= 0.3 is 5.97 Å². The summed E-state index contributed by atoms with van der Waals surface area (Å²) in [5, 5.41) is 3.42. The largest absolute Gasteiger partial charge is 0.461 e. The highest BCUT2D eigenvalue weighted by molar-refractivity contribution is 6.21. The standard InChI is InChI=1S/C31H25FN4O4/c1-2-40-31(39)27-20(19-9-4-6-13-24(19)33-27)14-15-25(37)34-29-30(38)36-17-16-18-8-7-11-22(28(18)36)26(35-29)21-10-3-5-12-23(21)32/h3-15,29,33H,2,16-17H2,1H3,(H,34,37)/b15-14+. The number of carbonyl (C=O) groups excluding carboxylic acids is 3. The number of esters is 1. The number of benzene rings is 3. The monoisotopic (exact) mass is 536 g/mol. The minimum absolute atomic E-state index is 0.199. The molecular formula is C31H25FN4O4. The van der Waals surface area contributed by atoms with Crippen LogP contribution < -0.4 is 10.2 Å². The summed E-state index contributed by atoms with van der Waals surface area (Å²) in [5.74, 6) is -2.02. The SMILES string of the molecule is CCOC(=O)c1[nH]c2ccccc2c1/C=C/C(=O)NC1N=C(c2ccccc2F)c2cccc3c2N(CC3)C1=O. The van der Waals surface area contributed by atoms with Crippen molar-refractivity contribution in [2.75, 3.05) is 18.1 Å². The first-order valence-electron chi connectivity index (χ1n) is 13.0. The van der Waals surface area contributed by atoms with Gasteiger partial charge in [-0.05, 0) is 43.2 Å². The molecule has 1 atom stereocenters. The van der Waals surface area contributed by atoms with Crippen molar-refractivity contribution in [3.63, 3.8) is 0 Å². The number of carbonyl (C=O) groups is 3. The molecule has 2 aliphatic rings. The van der Waals surface area contributed by atoms with Crippen molar-refractivity contribution < 1.29 is 23.5 Å². The van der Waals surface area contributed by atoms with E-state index in [1.165, 1.54) is 18.2 Å². The van der Waals surface area contributed by atoms with Gasteiger partial charge in [-0.1, -0.05) is 48.5 Å². The predicted molar refractivity (Wildman–Crippen MR) is 150 cm³/mol. The van der Waals surface area contributed by atoms with Crippen molar-refractivity contribution in [1.82, 2.24) is 10.3 Å². The van der Waals surface area contributed by atoms with Gasteiger partial charge in [-0.15, -0.1) is 0 Å². The van der Waals surface area contributed by atoms with Crippen LogP contribution in [-0.4, -0.2) is 47.8 Å². The summed E-state index contributed by atoms with van der Waals surface area (Å²) in [6.45, 7) is 2.35. The second kappa shape index (κ2) is 10.3. The van der Waals surface area contributed by atoms with Gasteiger partial charge in [-0.2, -0.15) is 0 Å². The highest BCUT2D eigenvalue weighted by atomic mass is 19.1. The highest BCUT2D eigenvalue weighted by Gasteiger charge is 2.37. The Morgan fingerprint density at radius 3 is 2.70 bits per heavy atom. The molecule has 40 heavy (non-hydrogen) atoms. The fourth-order valence-corrected chi connectivity index (χ4v) is 5.27. The minimum atomic E-state index is -1.28. The van der Waals surface area contributed by atoms with E-state index in [2.05, 4.69) is 15.3 Å². The van der Waals surface area contributed by atoms with E-state index in [0.29, 0.717) is 41.0 Å². The third-order valence-corrected chi connectivity index (χ3v) is 7.04. The van der Waals surface area contributed by atoms with Gasteiger partial charge in [-0.25, -0.2) is 14.2 Å². The van der Waals surface area contributed by atoms with E-state index in [4.69, 9.17) is 4.74 Å². The van der Waals surface area contributed by atoms with E-state index < -0.39 is 29.8 Å². The molecule has 8 nitrogen and oxygen atoms in total. The molecule has 0 radical (unpaired) electrons. The lowest BCUT2D eigenvalue weighted by Crippen LogP contribution is -2.46. The third-order valence-electron chi connectivity index (χ3n) is 7.04. The van der Waals surface area contributed by atoms with Crippen LogP contribution in [0.3, 0.4) is 0 Å². The van der Waals surface area contributed by atoms with Crippen LogP contribution in [0.1, 0.15) is 39.7 Å². The molecule has 200 valence electrons. The predicted octanol–water partition coefficient (Wildman–Crippen LogP) is 4.38. The van der Waals surface area contributed by atoms with E-state index in [9.17, 15) is 18.8 Å². The van der Waals surface area contributed by atoms with E-state index >= 15 is 0 Å². The Hall–Kier alpha value is -5.05. The molecule has 4 aromatic rings. The zero-order valence-corrected chi connectivity index (χ0v) is 21.6. The molecule has 3 heterocycles. The molecule has 9 heteroatoms. The Labute approximate surface area is 229 Å². The molecule has 2 N–H and O–H groups in total. The van der Waals surface area contributed by atoms with E-state index in [0.717, 1.165) is 10.9 Å². The third kappa shape index (κ3) is 4.35. The fourth-order valence-electron chi connectivity index (χ4n) is 5.27. The number of anilines is 1. The maximum absolute atomic E-state index is 14.9. The number of hydrogen-bond acceptors (Lipinski definition) is 5. The van der Waals surface area contributed by atoms with E-state index in [1.807, 2.05) is 42.5 Å². The number of nitrogens with zero attached hydrogens (tertiary/aromatic N) is 2. The Morgan fingerprint density at radius 1 is 1.10 bits per heavy atom. The second-order valence-corrected chi connectivity index (χ2v) is 9.43. The molecule has 1 aromatic heterocycles. The smallest absolute Gasteiger partial charge is 0.355 e. The van der Waals surface area contributed by atoms with Crippen molar-refractivity contribution in [2.24, 2.45) is 4.99 Å². The number of amides is 2. The van der Waals surface area contributed by atoms with Crippen molar-refractivity contribution in [2.45, 2.75) is 19.5 Å². The second-order valence-electron chi connectivity index (χ2n) is 9.43. The average Bonchev–Trinajstić information content (AvgIpc) is 3.53. The molecule has 6 rings (SSSR count). The summed E-state index contributed by atoms with van der Waals surface area (Å²) in [5.41, 5.74) is 4.26. The Bertz CT molecular complexity index is 1740.